The highest BCUT2D eigenvalue weighted by molar-refractivity contribution is 5.17. The molecule has 1 aliphatic rings. The van der Waals surface area contributed by atoms with Crippen molar-refractivity contribution in [2.24, 2.45) is 0 Å². The second-order valence-corrected chi connectivity index (χ2v) is 6.15. The number of ether oxygens (including phenoxy) is 1. The Bertz CT molecular complexity index is 414. The van der Waals surface area contributed by atoms with Gasteiger partial charge in [0.15, 0.2) is 0 Å². The third-order valence-corrected chi connectivity index (χ3v) is 4.00. The molecule has 0 spiro atoms. The van der Waals surface area contributed by atoms with E-state index in [-0.39, 0.29) is 0 Å². The first-order chi connectivity index (χ1) is 10.1. The molecule has 0 radical (unpaired) electrons. The first kappa shape index (κ1) is 16.4. The molecule has 1 fully saturated rings. The summed E-state index contributed by atoms with van der Waals surface area (Å²) in [6.07, 6.45) is 5.07. The summed E-state index contributed by atoms with van der Waals surface area (Å²) < 4.78 is 5.76. The van der Waals surface area contributed by atoms with Crippen molar-refractivity contribution in [3.05, 3.63) is 29.6 Å². The minimum Gasteiger partial charge on any atom is -0.373 e. The topological polar surface area (TPSA) is 37.4 Å². The Morgan fingerprint density at radius 1 is 1.29 bits per heavy atom. The molecule has 1 aromatic heterocycles. The highest BCUT2D eigenvalue weighted by Crippen LogP contribution is 2.11. The van der Waals surface area contributed by atoms with Crippen LogP contribution in [-0.4, -0.2) is 48.3 Å². The van der Waals surface area contributed by atoms with E-state index in [0.717, 1.165) is 31.9 Å². The summed E-state index contributed by atoms with van der Waals surface area (Å²) in [6.45, 7) is 11.7. The van der Waals surface area contributed by atoms with Crippen LogP contribution in [0.25, 0.3) is 0 Å². The second kappa shape index (κ2) is 8.47. The Hall–Kier alpha value is -0.970. The SMILES string of the molecule is Cc1ncccc1CNCCCCN1CC(C)OC(C)C1. The lowest BCUT2D eigenvalue weighted by molar-refractivity contribution is -0.0681. The molecule has 0 bridgehead atoms. The average molecular weight is 291 g/mol. The van der Waals surface area contributed by atoms with E-state index in [1.807, 2.05) is 12.3 Å². The van der Waals surface area contributed by atoms with Gasteiger partial charge in [0.2, 0.25) is 0 Å². The Morgan fingerprint density at radius 2 is 2.05 bits per heavy atom. The van der Waals surface area contributed by atoms with Crippen LogP contribution in [0.4, 0.5) is 0 Å². The van der Waals surface area contributed by atoms with Crippen molar-refractivity contribution >= 4 is 0 Å². The van der Waals surface area contributed by atoms with Gasteiger partial charge in [-0.2, -0.15) is 0 Å². The van der Waals surface area contributed by atoms with Crippen LogP contribution < -0.4 is 5.32 Å². The molecule has 2 heterocycles. The van der Waals surface area contributed by atoms with Crippen molar-refractivity contribution in [2.45, 2.75) is 52.4 Å². The number of nitrogens with zero attached hydrogens (tertiary/aromatic N) is 2. The number of hydrogen-bond donors (Lipinski definition) is 1. The van der Waals surface area contributed by atoms with Gasteiger partial charge in [0.1, 0.15) is 0 Å². The minimum absolute atomic E-state index is 0.375. The molecule has 0 saturated carbocycles. The predicted octanol–water partition coefficient (Wildman–Crippen LogP) is 2.37. The summed E-state index contributed by atoms with van der Waals surface area (Å²) >= 11 is 0. The highest BCUT2D eigenvalue weighted by Gasteiger charge is 2.21. The standard InChI is InChI=1S/C17H29N3O/c1-14-12-20(13-15(2)21-14)10-5-4-8-18-11-17-7-6-9-19-16(17)3/h6-7,9,14-15,18H,4-5,8,10-13H2,1-3H3. The van der Waals surface area contributed by atoms with Gasteiger partial charge in [-0.15, -0.1) is 0 Å². The van der Waals surface area contributed by atoms with Gasteiger partial charge in [-0.05, 0) is 58.3 Å². The first-order valence-corrected chi connectivity index (χ1v) is 8.14. The molecule has 21 heavy (non-hydrogen) atoms. The lowest BCUT2D eigenvalue weighted by Crippen LogP contribution is -2.45. The Labute approximate surface area is 128 Å². The van der Waals surface area contributed by atoms with Crippen LogP contribution in [0.2, 0.25) is 0 Å². The third-order valence-electron chi connectivity index (χ3n) is 4.00. The second-order valence-electron chi connectivity index (χ2n) is 6.15. The third kappa shape index (κ3) is 5.73. The number of pyridine rings is 1. The fourth-order valence-electron chi connectivity index (χ4n) is 2.98. The molecule has 0 aromatic carbocycles. The van der Waals surface area contributed by atoms with E-state index in [2.05, 4.69) is 42.0 Å². The van der Waals surface area contributed by atoms with Crippen LogP contribution in [0.5, 0.6) is 0 Å². The smallest absolute Gasteiger partial charge is 0.0678 e. The van der Waals surface area contributed by atoms with Crippen molar-refractivity contribution in [3.8, 4) is 0 Å². The van der Waals surface area contributed by atoms with Gasteiger partial charge in [-0.25, -0.2) is 0 Å². The lowest BCUT2D eigenvalue weighted by atomic mass is 10.2. The van der Waals surface area contributed by atoms with Crippen molar-refractivity contribution in [1.82, 2.24) is 15.2 Å². The largest absolute Gasteiger partial charge is 0.373 e. The molecule has 118 valence electrons. The number of aryl methyl sites for hydroxylation is 1. The molecular weight excluding hydrogens is 262 g/mol. The van der Waals surface area contributed by atoms with Crippen LogP contribution in [0, 0.1) is 6.92 Å². The van der Waals surface area contributed by atoms with Gasteiger partial charge in [-0.3, -0.25) is 9.88 Å². The molecule has 4 heteroatoms. The number of hydrogen-bond acceptors (Lipinski definition) is 4. The van der Waals surface area contributed by atoms with Gasteiger partial charge in [0, 0.05) is 31.5 Å². The zero-order chi connectivity index (χ0) is 15.1. The Kier molecular flexibility index (Phi) is 6.61. The van der Waals surface area contributed by atoms with Crippen molar-refractivity contribution in [2.75, 3.05) is 26.2 Å². The van der Waals surface area contributed by atoms with E-state index in [9.17, 15) is 0 Å². The maximum absolute atomic E-state index is 5.76. The molecule has 1 aliphatic heterocycles. The first-order valence-electron chi connectivity index (χ1n) is 8.14. The quantitative estimate of drug-likeness (QED) is 0.783. The molecule has 2 rings (SSSR count). The van der Waals surface area contributed by atoms with Crippen LogP contribution in [0.3, 0.4) is 0 Å². The van der Waals surface area contributed by atoms with E-state index in [1.165, 1.54) is 24.9 Å². The van der Waals surface area contributed by atoms with Crippen molar-refractivity contribution < 1.29 is 4.74 Å². The van der Waals surface area contributed by atoms with E-state index in [0.29, 0.717) is 12.2 Å². The molecular formula is C17H29N3O. The molecule has 2 atom stereocenters. The minimum atomic E-state index is 0.375. The van der Waals surface area contributed by atoms with Crippen molar-refractivity contribution in [3.63, 3.8) is 0 Å². The molecule has 1 N–H and O–H groups in total. The Balaban J connectivity index is 1.55. The normalized spacial score (nSPS) is 23.4. The monoisotopic (exact) mass is 291 g/mol. The molecule has 0 aliphatic carbocycles. The van der Waals surface area contributed by atoms with Gasteiger partial charge < -0.3 is 10.1 Å². The maximum atomic E-state index is 5.76. The summed E-state index contributed by atoms with van der Waals surface area (Å²) in [7, 11) is 0. The Morgan fingerprint density at radius 3 is 2.76 bits per heavy atom. The van der Waals surface area contributed by atoms with Crippen LogP contribution in [0.15, 0.2) is 18.3 Å². The molecule has 4 nitrogen and oxygen atoms in total. The fourth-order valence-corrected chi connectivity index (χ4v) is 2.98. The van der Waals surface area contributed by atoms with Crippen LogP contribution in [-0.2, 0) is 11.3 Å². The van der Waals surface area contributed by atoms with Crippen LogP contribution >= 0.6 is 0 Å². The van der Waals surface area contributed by atoms with Crippen molar-refractivity contribution in [1.29, 1.82) is 0 Å². The molecule has 1 saturated heterocycles. The van der Waals surface area contributed by atoms with E-state index >= 15 is 0 Å². The molecule has 0 amide bonds. The number of aromatic nitrogens is 1. The average Bonchev–Trinajstić information content (AvgIpc) is 2.43. The maximum Gasteiger partial charge on any atom is 0.0678 e. The number of morpholine rings is 1. The zero-order valence-corrected chi connectivity index (χ0v) is 13.6. The number of unbranched alkanes of at least 4 members (excludes halogenated alkanes) is 1. The van der Waals surface area contributed by atoms with Gasteiger partial charge >= 0.3 is 0 Å². The predicted molar refractivity (Wildman–Crippen MR) is 86.4 cm³/mol. The van der Waals surface area contributed by atoms with E-state index in [4.69, 9.17) is 4.74 Å². The summed E-state index contributed by atoms with van der Waals surface area (Å²) in [4.78, 5) is 6.84. The lowest BCUT2D eigenvalue weighted by Gasteiger charge is -2.35. The van der Waals surface area contributed by atoms with Gasteiger partial charge in [0.05, 0.1) is 12.2 Å². The van der Waals surface area contributed by atoms with E-state index in [1.54, 1.807) is 0 Å². The molecule has 1 aromatic rings. The van der Waals surface area contributed by atoms with Crippen LogP contribution in [0.1, 0.15) is 37.9 Å². The summed E-state index contributed by atoms with van der Waals surface area (Å²) in [6, 6.07) is 4.15. The van der Waals surface area contributed by atoms with E-state index < -0.39 is 0 Å². The summed E-state index contributed by atoms with van der Waals surface area (Å²) in [5.74, 6) is 0. The zero-order valence-electron chi connectivity index (χ0n) is 13.6. The fraction of sp³-hybridized carbons (Fsp3) is 0.706. The highest BCUT2D eigenvalue weighted by atomic mass is 16.5. The van der Waals surface area contributed by atoms with Gasteiger partial charge in [0.25, 0.3) is 0 Å². The molecule has 2 unspecified atom stereocenters. The summed E-state index contributed by atoms with van der Waals surface area (Å²) in [5, 5.41) is 3.51. The number of rotatable bonds is 7. The number of nitrogens with one attached hydrogen (secondary N) is 1. The van der Waals surface area contributed by atoms with Gasteiger partial charge in [-0.1, -0.05) is 6.07 Å². The summed E-state index contributed by atoms with van der Waals surface area (Å²) in [5.41, 5.74) is 2.43.